The van der Waals surface area contributed by atoms with Crippen molar-refractivity contribution >= 4 is 5.91 Å². The lowest BCUT2D eigenvalue weighted by Crippen LogP contribution is -2.48. The zero-order valence-electron chi connectivity index (χ0n) is 13.1. The third kappa shape index (κ3) is 5.06. The van der Waals surface area contributed by atoms with Gasteiger partial charge in [0.25, 0.3) is 5.91 Å². The van der Waals surface area contributed by atoms with Crippen molar-refractivity contribution in [2.24, 2.45) is 5.92 Å². The summed E-state index contributed by atoms with van der Waals surface area (Å²) < 4.78 is 5.60. The first-order valence-corrected chi connectivity index (χ1v) is 8.34. The minimum Gasteiger partial charge on any atom is -0.369 e. The standard InChI is InChI=1S/C16H30N2O2/c1-3-4-11-20-13(2)16(19)18-9-7-15(8-10-18)17-12-14-5-6-14/h13-15,17H,3-12H2,1-2H3. The number of carbonyl (C=O) groups excluding carboxylic acids is 1. The number of nitrogens with one attached hydrogen (secondary N) is 1. The molecule has 0 spiro atoms. The Bertz CT molecular complexity index is 297. The Morgan fingerprint density at radius 3 is 2.60 bits per heavy atom. The molecule has 0 radical (unpaired) electrons. The normalized spacial score (nSPS) is 22.0. The van der Waals surface area contributed by atoms with Gasteiger partial charge in [-0.15, -0.1) is 0 Å². The molecule has 2 fully saturated rings. The van der Waals surface area contributed by atoms with Crippen LogP contribution in [0.3, 0.4) is 0 Å². The second kappa shape index (κ2) is 7.99. The molecule has 116 valence electrons. The third-order valence-electron chi connectivity index (χ3n) is 4.41. The summed E-state index contributed by atoms with van der Waals surface area (Å²) in [5, 5.41) is 3.64. The fourth-order valence-electron chi connectivity index (χ4n) is 2.69. The number of amides is 1. The first-order chi connectivity index (χ1) is 9.70. The lowest BCUT2D eigenvalue weighted by Gasteiger charge is -2.34. The molecule has 1 heterocycles. The number of nitrogens with zero attached hydrogens (tertiary/aromatic N) is 1. The monoisotopic (exact) mass is 282 g/mol. The first-order valence-electron chi connectivity index (χ1n) is 8.34. The zero-order valence-corrected chi connectivity index (χ0v) is 13.1. The molecule has 1 saturated heterocycles. The van der Waals surface area contributed by atoms with E-state index in [0.717, 1.165) is 44.7 Å². The van der Waals surface area contributed by atoms with Crippen molar-refractivity contribution in [1.29, 1.82) is 0 Å². The highest BCUT2D eigenvalue weighted by Gasteiger charge is 2.27. The van der Waals surface area contributed by atoms with Crippen molar-refractivity contribution in [3.05, 3.63) is 0 Å². The Kier molecular flexibility index (Phi) is 6.30. The number of likely N-dealkylation sites (tertiary alicyclic amines) is 1. The van der Waals surface area contributed by atoms with Gasteiger partial charge >= 0.3 is 0 Å². The quantitative estimate of drug-likeness (QED) is 0.694. The van der Waals surface area contributed by atoms with Gasteiger partial charge in [0.05, 0.1) is 0 Å². The van der Waals surface area contributed by atoms with Gasteiger partial charge in [-0.05, 0) is 51.5 Å². The van der Waals surface area contributed by atoms with Crippen LogP contribution in [0.25, 0.3) is 0 Å². The summed E-state index contributed by atoms with van der Waals surface area (Å²) in [6.45, 7) is 7.65. The van der Waals surface area contributed by atoms with E-state index in [-0.39, 0.29) is 12.0 Å². The first kappa shape index (κ1) is 15.8. The number of ether oxygens (including phenoxy) is 1. The molecule has 1 aliphatic heterocycles. The highest BCUT2D eigenvalue weighted by molar-refractivity contribution is 5.80. The van der Waals surface area contributed by atoms with Crippen LogP contribution in [0.2, 0.25) is 0 Å². The van der Waals surface area contributed by atoms with E-state index in [1.54, 1.807) is 0 Å². The predicted octanol–water partition coefficient (Wildman–Crippen LogP) is 2.18. The number of unbranched alkanes of at least 4 members (excludes halogenated alkanes) is 1. The molecule has 0 aromatic carbocycles. The van der Waals surface area contributed by atoms with Gasteiger partial charge in [0.2, 0.25) is 0 Å². The van der Waals surface area contributed by atoms with E-state index in [1.807, 2.05) is 11.8 Å². The van der Waals surface area contributed by atoms with Crippen molar-refractivity contribution < 1.29 is 9.53 Å². The molecule has 1 saturated carbocycles. The molecule has 1 amide bonds. The smallest absolute Gasteiger partial charge is 0.251 e. The van der Waals surface area contributed by atoms with Gasteiger partial charge in [0.1, 0.15) is 6.10 Å². The Morgan fingerprint density at radius 2 is 2.00 bits per heavy atom. The summed E-state index contributed by atoms with van der Waals surface area (Å²) >= 11 is 0. The number of hydrogen-bond donors (Lipinski definition) is 1. The van der Waals surface area contributed by atoms with Crippen molar-refractivity contribution in [3.63, 3.8) is 0 Å². The summed E-state index contributed by atoms with van der Waals surface area (Å²) in [4.78, 5) is 14.2. The molecule has 1 atom stereocenters. The number of rotatable bonds is 8. The minimum absolute atomic E-state index is 0.168. The van der Waals surface area contributed by atoms with Crippen LogP contribution in [0, 0.1) is 5.92 Å². The van der Waals surface area contributed by atoms with Crippen LogP contribution >= 0.6 is 0 Å². The van der Waals surface area contributed by atoms with Crippen molar-refractivity contribution in [3.8, 4) is 0 Å². The van der Waals surface area contributed by atoms with E-state index in [9.17, 15) is 4.79 Å². The maximum absolute atomic E-state index is 12.3. The number of carbonyl (C=O) groups is 1. The minimum atomic E-state index is -0.280. The van der Waals surface area contributed by atoms with Gasteiger partial charge in [-0.3, -0.25) is 4.79 Å². The Balaban J connectivity index is 1.62. The van der Waals surface area contributed by atoms with Crippen LogP contribution in [0.5, 0.6) is 0 Å². The van der Waals surface area contributed by atoms with Crippen LogP contribution in [0.4, 0.5) is 0 Å². The lowest BCUT2D eigenvalue weighted by atomic mass is 10.0. The van der Waals surface area contributed by atoms with Crippen molar-refractivity contribution in [2.45, 2.75) is 64.5 Å². The second-order valence-corrected chi connectivity index (χ2v) is 6.32. The van der Waals surface area contributed by atoms with Gasteiger partial charge < -0.3 is 15.0 Å². The molecular weight excluding hydrogens is 252 g/mol. The van der Waals surface area contributed by atoms with E-state index in [1.165, 1.54) is 19.4 Å². The van der Waals surface area contributed by atoms with Crippen molar-refractivity contribution in [2.75, 3.05) is 26.2 Å². The number of piperidine rings is 1. The largest absolute Gasteiger partial charge is 0.369 e. The summed E-state index contributed by atoms with van der Waals surface area (Å²) in [7, 11) is 0. The fraction of sp³-hybridized carbons (Fsp3) is 0.938. The predicted molar refractivity (Wildman–Crippen MR) is 80.7 cm³/mol. The summed E-state index contributed by atoms with van der Waals surface area (Å²) in [6.07, 6.45) is 6.83. The summed E-state index contributed by atoms with van der Waals surface area (Å²) in [6, 6.07) is 0.607. The highest BCUT2D eigenvalue weighted by Crippen LogP contribution is 2.28. The van der Waals surface area contributed by atoms with Gasteiger partial charge in [-0.2, -0.15) is 0 Å². The molecule has 2 aliphatic rings. The summed E-state index contributed by atoms with van der Waals surface area (Å²) in [5.74, 6) is 1.10. The molecule has 2 rings (SSSR count). The van der Waals surface area contributed by atoms with E-state index >= 15 is 0 Å². The molecule has 4 heteroatoms. The molecule has 1 N–H and O–H groups in total. The van der Waals surface area contributed by atoms with Crippen LogP contribution in [0.15, 0.2) is 0 Å². The van der Waals surface area contributed by atoms with E-state index in [4.69, 9.17) is 4.74 Å². The third-order valence-corrected chi connectivity index (χ3v) is 4.41. The fourth-order valence-corrected chi connectivity index (χ4v) is 2.69. The Labute approximate surface area is 123 Å². The van der Waals surface area contributed by atoms with Crippen LogP contribution < -0.4 is 5.32 Å². The molecule has 20 heavy (non-hydrogen) atoms. The highest BCUT2D eigenvalue weighted by atomic mass is 16.5. The average Bonchev–Trinajstić information content (AvgIpc) is 3.29. The second-order valence-electron chi connectivity index (χ2n) is 6.32. The maximum Gasteiger partial charge on any atom is 0.251 e. The van der Waals surface area contributed by atoms with Gasteiger partial charge in [0.15, 0.2) is 0 Å². The Hall–Kier alpha value is -0.610. The van der Waals surface area contributed by atoms with Crippen LogP contribution in [0.1, 0.15) is 52.4 Å². The summed E-state index contributed by atoms with van der Waals surface area (Å²) in [5.41, 5.74) is 0. The van der Waals surface area contributed by atoms with Crippen molar-refractivity contribution in [1.82, 2.24) is 10.2 Å². The molecule has 0 aromatic heterocycles. The molecule has 4 nitrogen and oxygen atoms in total. The van der Waals surface area contributed by atoms with Crippen LogP contribution in [-0.4, -0.2) is 49.2 Å². The molecule has 1 unspecified atom stereocenters. The van der Waals surface area contributed by atoms with Gasteiger partial charge in [0, 0.05) is 25.7 Å². The lowest BCUT2D eigenvalue weighted by molar-refractivity contribution is -0.143. The molecular formula is C16H30N2O2. The number of hydrogen-bond acceptors (Lipinski definition) is 3. The van der Waals surface area contributed by atoms with E-state index in [2.05, 4.69) is 12.2 Å². The van der Waals surface area contributed by atoms with Gasteiger partial charge in [-0.1, -0.05) is 13.3 Å². The maximum atomic E-state index is 12.3. The molecule has 0 bridgehead atoms. The van der Waals surface area contributed by atoms with E-state index < -0.39 is 0 Å². The topological polar surface area (TPSA) is 41.6 Å². The van der Waals surface area contributed by atoms with Gasteiger partial charge in [-0.25, -0.2) is 0 Å². The molecule has 0 aromatic rings. The zero-order chi connectivity index (χ0) is 14.4. The average molecular weight is 282 g/mol. The Morgan fingerprint density at radius 1 is 1.30 bits per heavy atom. The van der Waals surface area contributed by atoms with Crippen LogP contribution in [-0.2, 0) is 9.53 Å². The van der Waals surface area contributed by atoms with E-state index in [0.29, 0.717) is 12.6 Å². The molecule has 1 aliphatic carbocycles. The SMILES string of the molecule is CCCCOC(C)C(=O)N1CCC(NCC2CC2)CC1.